The largest absolute Gasteiger partial charge is 0.384 e. The third-order valence-electron chi connectivity index (χ3n) is 5.39. The van der Waals surface area contributed by atoms with Gasteiger partial charge in [0, 0.05) is 53.4 Å². The van der Waals surface area contributed by atoms with Crippen LogP contribution in [-0.4, -0.2) is 20.9 Å². The topological polar surface area (TPSA) is 93.8 Å². The van der Waals surface area contributed by atoms with Crippen molar-refractivity contribution in [1.82, 2.24) is 20.3 Å². The number of anilines is 1. The van der Waals surface area contributed by atoms with Gasteiger partial charge < -0.3 is 11.1 Å². The molecule has 0 saturated heterocycles. The second-order valence-electron chi connectivity index (χ2n) is 7.83. The van der Waals surface area contributed by atoms with Crippen LogP contribution in [0.3, 0.4) is 0 Å². The van der Waals surface area contributed by atoms with Crippen molar-refractivity contribution < 1.29 is 4.79 Å². The van der Waals surface area contributed by atoms with Crippen molar-refractivity contribution in [3.63, 3.8) is 0 Å². The average molecular weight is 412 g/mol. The van der Waals surface area contributed by atoms with Gasteiger partial charge in [-0.1, -0.05) is 18.2 Å². The van der Waals surface area contributed by atoms with Crippen molar-refractivity contribution in [3.05, 3.63) is 94.2 Å². The number of amides is 1. The fraction of sp³-hybridized carbons (Fsp3) is 0.200. The van der Waals surface area contributed by atoms with E-state index in [1.54, 1.807) is 12.3 Å². The number of rotatable bonds is 5. The molecule has 4 rings (SSSR count). The van der Waals surface area contributed by atoms with Gasteiger partial charge in [0.1, 0.15) is 5.82 Å². The summed E-state index contributed by atoms with van der Waals surface area (Å²) >= 11 is 0. The highest BCUT2D eigenvalue weighted by Gasteiger charge is 2.11. The first-order valence-corrected chi connectivity index (χ1v) is 10.2. The van der Waals surface area contributed by atoms with E-state index < -0.39 is 0 Å². The molecule has 0 fully saturated rings. The number of aryl methyl sites for hydroxylation is 3. The first-order chi connectivity index (χ1) is 14.9. The summed E-state index contributed by atoms with van der Waals surface area (Å²) in [5.41, 5.74) is 12.2. The highest BCUT2D eigenvalue weighted by molar-refractivity contribution is 5.94. The number of carbonyl (C=O) groups excluding carboxylic acids is 1. The molecule has 1 aromatic carbocycles. The highest BCUT2D eigenvalue weighted by atomic mass is 16.1. The van der Waals surface area contributed by atoms with E-state index in [0.29, 0.717) is 24.3 Å². The molecule has 0 aliphatic rings. The molecule has 1 amide bonds. The number of carbonyl (C=O) groups is 1. The molecule has 0 bridgehead atoms. The van der Waals surface area contributed by atoms with Gasteiger partial charge >= 0.3 is 0 Å². The van der Waals surface area contributed by atoms with Crippen molar-refractivity contribution in [2.45, 2.75) is 33.7 Å². The number of pyridine rings is 3. The van der Waals surface area contributed by atoms with E-state index in [-0.39, 0.29) is 5.91 Å². The lowest BCUT2D eigenvalue weighted by Crippen LogP contribution is -2.24. The normalized spacial score (nSPS) is 10.9. The fourth-order valence-electron chi connectivity index (χ4n) is 3.76. The summed E-state index contributed by atoms with van der Waals surface area (Å²) in [6.45, 7) is 6.26. The summed E-state index contributed by atoms with van der Waals surface area (Å²) < 4.78 is 0. The molecule has 0 atom stereocenters. The van der Waals surface area contributed by atoms with E-state index >= 15 is 0 Å². The van der Waals surface area contributed by atoms with Crippen molar-refractivity contribution >= 4 is 22.5 Å². The third kappa shape index (κ3) is 4.69. The number of aromatic nitrogens is 3. The van der Waals surface area contributed by atoms with Gasteiger partial charge in [-0.25, -0.2) is 4.98 Å². The maximum Gasteiger partial charge on any atom is 0.251 e. The Balaban J connectivity index is 1.48. The predicted molar refractivity (Wildman–Crippen MR) is 123 cm³/mol. The number of benzene rings is 1. The third-order valence-corrected chi connectivity index (χ3v) is 5.39. The van der Waals surface area contributed by atoms with E-state index in [9.17, 15) is 4.79 Å². The van der Waals surface area contributed by atoms with E-state index in [1.807, 2.05) is 39.1 Å². The van der Waals surface area contributed by atoms with Crippen LogP contribution in [-0.2, 0) is 13.0 Å². The molecule has 3 aromatic heterocycles. The van der Waals surface area contributed by atoms with Gasteiger partial charge in [0.05, 0.1) is 0 Å². The van der Waals surface area contributed by atoms with E-state index in [0.717, 1.165) is 44.5 Å². The van der Waals surface area contributed by atoms with E-state index in [4.69, 9.17) is 5.73 Å². The number of nitrogens with two attached hydrogens (primary N) is 1. The Labute approximate surface area is 181 Å². The van der Waals surface area contributed by atoms with Crippen molar-refractivity contribution in [1.29, 1.82) is 0 Å². The van der Waals surface area contributed by atoms with Gasteiger partial charge in [-0.3, -0.25) is 14.8 Å². The van der Waals surface area contributed by atoms with Crippen LogP contribution >= 0.6 is 0 Å². The van der Waals surface area contributed by atoms with Gasteiger partial charge in [0.15, 0.2) is 0 Å². The van der Waals surface area contributed by atoms with Crippen LogP contribution in [0.5, 0.6) is 0 Å². The zero-order valence-corrected chi connectivity index (χ0v) is 17.9. The minimum Gasteiger partial charge on any atom is -0.384 e. The number of nitrogens with one attached hydrogen (secondary N) is 1. The van der Waals surface area contributed by atoms with Crippen LogP contribution in [0, 0.1) is 20.8 Å². The van der Waals surface area contributed by atoms with Crippen LogP contribution in [0.4, 0.5) is 5.82 Å². The van der Waals surface area contributed by atoms with Gasteiger partial charge in [-0.05, 0) is 67.1 Å². The maximum absolute atomic E-state index is 12.7. The molecule has 31 heavy (non-hydrogen) atoms. The smallest absolute Gasteiger partial charge is 0.251 e. The lowest BCUT2D eigenvalue weighted by atomic mass is 10.0. The van der Waals surface area contributed by atoms with Gasteiger partial charge in [-0.2, -0.15) is 0 Å². The summed E-state index contributed by atoms with van der Waals surface area (Å²) in [6, 6.07) is 13.8. The molecule has 4 aromatic rings. The summed E-state index contributed by atoms with van der Waals surface area (Å²) in [5.74, 6) is 0.350. The van der Waals surface area contributed by atoms with Crippen molar-refractivity contribution in [2.24, 2.45) is 0 Å². The molecule has 3 heterocycles. The summed E-state index contributed by atoms with van der Waals surface area (Å²) in [6.07, 6.45) is 4.22. The summed E-state index contributed by atoms with van der Waals surface area (Å²) in [4.78, 5) is 25.8. The highest BCUT2D eigenvalue weighted by Crippen LogP contribution is 2.19. The molecule has 6 heteroatoms. The molecule has 0 unspecified atom stereocenters. The molecule has 0 aliphatic heterocycles. The molecule has 156 valence electrons. The Morgan fingerprint density at radius 3 is 2.65 bits per heavy atom. The molecule has 0 radical (unpaired) electrons. The van der Waals surface area contributed by atoms with Gasteiger partial charge in [0.25, 0.3) is 5.91 Å². The molecule has 0 saturated carbocycles. The van der Waals surface area contributed by atoms with Gasteiger partial charge in [-0.15, -0.1) is 0 Å². The van der Waals surface area contributed by atoms with E-state index in [2.05, 4.69) is 44.5 Å². The van der Waals surface area contributed by atoms with E-state index in [1.165, 1.54) is 0 Å². The minimum atomic E-state index is -0.139. The Morgan fingerprint density at radius 2 is 1.84 bits per heavy atom. The lowest BCUT2D eigenvalue weighted by Gasteiger charge is -2.12. The number of hydrogen-bond acceptors (Lipinski definition) is 5. The first kappa shape index (κ1) is 20.5. The minimum absolute atomic E-state index is 0.139. The van der Waals surface area contributed by atoms with Crippen molar-refractivity contribution in [2.75, 3.05) is 5.73 Å². The number of nitrogens with zero attached hydrogens (tertiary/aromatic N) is 3. The first-order valence-electron chi connectivity index (χ1n) is 10.2. The Hall–Kier alpha value is -3.80. The zero-order valence-electron chi connectivity index (χ0n) is 17.9. The van der Waals surface area contributed by atoms with Crippen LogP contribution in [0.15, 0.2) is 54.9 Å². The second kappa shape index (κ2) is 8.52. The maximum atomic E-state index is 12.7. The molecule has 3 N–H and O–H groups in total. The number of nitrogen functional groups attached to an aromatic ring is 1. The molecular weight excluding hydrogens is 386 g/mol. The fourth-order valence-corrected chi connectivity index (χ4v) is 3.76. The quantitative estimate of drug-likeness (QED) is 0.517. The van der Waals surface area contributed by atoms with Crippen LogP contribution in [0.2, 0.25) is 0 Å². The van der Waals surface area contributed by atoms with Crippen LogP contribution in [0.1, 0.15) is 44.1 Å². The van der Waals surface area contributed by atoms with Crippen LogP contribution < -0.4 is 11.1 Å². The second-order valence-corrected chi connectivity index (χ2v) is 7.83. The molecule has 0 spiro atoms. The Bertz CT molecular complexity index is 1260. The summed E-state index contributed by atoms with van der Waals surface area (Å²) in [7, 11) is 0. The van der Waals surface area contributed by atoms with Crippen LogP contribution in [0.25, 0.3) is 10.8 Å². The van der Waals surface area contributed by atoms with Crippen molar-refractivity contribution in [3.8, 4) is 0 Å². The molecule has 6 nitrogen and oxygen atoms in total. The SMILES string of the molecule is Cc1cc2cc(Cc3cc(C(=O)NCc4c(C)cc(N)nc4C)ccn3)ccc2cn1. The average Bonchev–Trinajstić information content (AvgIpc) is 2.72. The monoisotopic (exact) mass is 411 g/mol. The Morgan fingerprint density at radius 1 is 1.00 bits per heavy atom. The Kier molecular flexibility index (Phi) is 5.62. The predicted octanol–water partition coefficient (Wildman–Crippen LogP) is 4.05. The standard InChI is InChI=1S/C25H25N5O/c1-15-8-24(26)30-17(3)23(15)14-29-25(31)19-6-7-27-22(12-19)11-18-4-5-20-13-28-16(2)9-21(20)10-18/h4-10,12-13H,11,14H2,1-3H3,(H2,26,30)(H,29,31). The lowest BCUT2D eigenvalue weighted by molar-refractivity contribution is 0.0950. The number of hydrogen-bond donors (Lipinski definition) is 2. The molecular formula is C25H25N5O. The molecule has 0 aliphatic carbocycles. The number of fused-ring (bicyclic) bond motifs is 1. The zero-order chi connectivity index (χ0) is 22.0. The summed E-state index contributed by atoms with van der Waals surface area (Å²) in [5, 5.41) is 5.25. The van der Waals surface area contributed by atoms with Gasteiger partial charge in [0.2, 0.25) is 0 Å².